The van der Waals surface area contributed by atoms with E-state index >= 15 is 0 Å². The highest BCUT2D eigenvalue weighted by atomic mass is 16.3. The summed E-state index contributed by atoms with van der Waals surface area (Å²) in [5.41, 5.74) is 0.990. The summed E-state index contributed by atoms with van der Waals surface area (Å²) in [5, 5.41) is 11.0. The highest BCUT2D eigenvalue weighted by Crippen LogP contribution is 2.59. The first-order valence-electron chi connectivity index (χ1n) is 10.8. The van der Waals surface area contributed by atoms with Crippen molar-refractivity contribution in [3.8, 4) is 0 Å². The van der Waals surface area contributed by atoms with Crippen LogP contribution in [0.1, 0.15) is 66.7 Å². The standard InChI is InChI=1S/C25H36O3/c1-16(2)7-6-8-17(3)19-11-12-24(4)13-21-23(22(27)14-25(21,5)28)18(15-26)9-10-20(19)24/h6-9,15,17,19-21,23,28H,10-14H2,1-5H3/b8-6-,18-9?/t17-,19?,20-,21-,23+,24+,25+/m0/s1. The van der Waals surface area contributed by atoms with E-state index in [1.165, 1.54) is 12.0 Å². The molecular formula is C25H36O3. The number of ketones is 1. The lowest BCUT2D eigenvalue weighted by Crippen LogP contribution is -2.40. The summed E-state index contributed by atoms with van der Waals surface area (Å²) in [6, 6.07) is 0. The van der Waals surface area contributed by atoms with E-state index in [4.69, 9.17) is 0 Å². The molecule has 0 spiro atoms. The second kappa shape index (κ2) is 7.74. The average molecular weight is 385 g/mol. The largest absolute Gasteiger partial charge is 0.389 e. The van der Waals surface area contributed by atoms with Crippen LogP contribution in [-0.4, -0.2) is 22.8 Å². The molecule has 3 rings (SSSR count). The number of carbonyl (C=O) groups is 2. The van der Waals surface area contributed by atoms with Crippen molar-refractivity contribution in [1.82, 2.24) is 0 Å². The monoisotopic (exact) mass is 384 g/mol. The fraction of sp³-hybridized carbons (Fsp3) is 0.680. The molecule has 0 bridgehead atoms. The minimum Gasteiger partial charge on any atom is -0.389 e. The zero-order valence-electron chi connectivity index (χ0n) is 18.1. The maximum absolute atomic E-state index is 12.6. The molecule has 0 aliphatic heterocycles. The number of aliphatic hydroxyl groups is 1. The molecule has 0 radical (unpaired) electrons. The van der Waals surface area contributed by atoms with E-state index in [1.54, 1.807) is 6.92 Å². The number of carbonyl (C=O) groups excluding carboxylic acids is 2. The molecule has 2 saturated carbocycles. The van der Waals surface area contributed by atoms with E-state index < -0.39 is 11.5 Å². The highest BCUT2D eigenvalue weighted by Gasteiger charge is 2.56. The lowest BCUT2D eigenvalue weighted by molar-refractivity contribution is -0.121. The van der Waals surface area contributed by atoms with E-state index in [-0.39, 0.29) is 23.5 Å². The molecule has 3 heteroatoms. The molecule has 0 heterocycles. The van der Waals surface area contributed by atoms with Gasteiger partial charge in [0.2, 0.25) is 0 Å². The lowest BCUT2D eigenvalue weighted by Gasteiger charge is -2.42. The Morgan fingerprint density at radius 1 is 1.29 bits per heavy atom. The fourth-order valence-corrected chi connectivity index (χ4v) is 6.25. The van der Waals surface area contributed by atoms with Gasteiger partial charge in [0.15, 0.2) is 0 Å². The molecule has 3 nitrogen and oxygen atoms in total. The van der Waals surface area contributed by atoms with Gasteiger partial charge in [0.1, 0.15) is 12.1 Å². The van der Waals surface area contributed by atoms with Crippen molar-refractivity contribution in [1.29, 1.82) is 0 Å². The van der Waals surface area contributed by atoms with E-state index in [1.807, 2.05) is 6.08 Å². The van der Waals surface area contributed by atoms with Crippen LogP contribution in [0.4, 0.5) is 0 Å². The van der Waals surface area contributed by atoms with Gasteiger partial charge in [-0.1, -0.05) is 43.7 Å². The number of rotatable bonds is 4. The summed E-state index contributed by atoms with van der Waals surface area (Å²) >= 11 is 0. The number of hydrogen-bond acceptors (Lipinski definition) is 3. The van der Waals surface area contributed by atoms with E-state index in [2.05, 4.69) is 45.9 Å². The van der Waals surface area contributed by atoms with Crippen LogP contribution in [0, 0.1) is 35.0 Å². The van der Waals surface area contributed by atoms with Crippen LogP contribution in [0.15, 0.2) is 35.5 Å². The summed E-state index contributed by atoms with van der Waals surface area (Å²) in [4.78, 5) is 24.4. The number of aldehydes is 1. The number of hydrogen-bond donors (Lipinski definition) is 1. The second-order valence-corrected chi connectivity index (χ2v) is 10.3. The minimum atomic E-state index is -1.01. The van der Waals surface area contributed by atoms with Crippen molar-refractivity contribution in [2.75, 3.05) is 0 Å². The number of allylic oxidation sites excluding steroid dienone is 6. The summed E-state index contributed by atoms with van der Waals surface area (Å²) in [6.07, 6.45) is 13.7. The normalized spacial score (nSPS) is 41.6. The predicted molar refractivity (Wildman–Crippen MR) is 113 cm³/mol. The lowest BCUT2D eigenvalue weighted by atomic mass is 9.63. The van der Waals surface area contributed by atoms with Gasteiger partial charge in [-0.15, -0.1) is 0 Å². The molecule has 0 amide bonds. The Hall–Kier alpha value is -1.48. The molecule has 2 fully saturated rings. The Balaban J connectivity index is 1.92. The third-order valence-electron chi connectivity index (χ3n) is 7.85. The van der Waals surface area contributed by atoms with Crippen LogP contribution < -0.4 is 0 Å². The summed E-state index contributed by atoms with van der Waals surface area (Å²) in [7, 11) is 0. The van der Waals surface area contributed by atoms with Crippen molar-refractivity contribution in [3.63, 3.8) is 0 Å². The summed E-state index contributed by atoms with van der Waals surface area (Å²) in [6.45, 7) is 10.6. The van der Waals surface area contributed by atoms with Crippen molar-refractivity contribution in [3.05, 3.63) is 35.5 Å². The van der Waals surface area contributed by atoms with Gasteiger partial charge in [-0.2, -0.15) is 0 Å². The molecule has 7 atom stereocenters. The topological polar surface area (TPSA) is 54.4 Å². The number of fused-ring (bicyclic) bond motifs is 2. The van der Waals surface area contributed by atoms with Crippen molar-refractivity contribution >= 4 is 12.1 Å². The fourth-order valence-electron chi connectivity index (χ4n) is 6.25. The molecule has 0 aromatic rings. The first kappa shape index (κ1) is 21.2. The average Bonchev–Trinajstić information content (AvgIpc) is 3.01. The molecule has 1 N–H and O–H groups in total. The molecule has 0 aromatic heterocycles. The zero-order valence-corrected chi connectivity index (χ0v) is 18.1. The molecule has 28 heavy (non-hydrogen) atoms. The molecular weight excluding hydrogens is 348 g/mol. The van der Waals surface area contributed by atoms with Crippen molar-refractivity contribution in [2.45, 2.75) is 72.3 Å². The van der Waals surface area contributed by atoms with Crippen LogP contribution in [0.2, 0.25) is 0 Å². The van der Waals surface area contributed by atoms with Crippen LogP contribution in [0.3, 0.4) is 0 Å². The maximum atomic E-state index is 12.6. The van der Waals surface area contributed by atoms with Crippen LogP contribution in [0.5, 0.6) is 0 Å². The molecule has 3 aliphatic carbocycles. The van der Waals surface area contributed by atoms with Gasteiger partial charge in [-0.3, -0.25) is 9.59 Å². The van der Waals surface area contributed by atoms with Crippen molar-refractivity contribution < 1.29 is 14.7 Å². The smallest absolute Gasteiger partial charge is 0.146 e. The Morgan fingerprint density at radius 2 is 2.00 bits per heavy atom. The molecule has 1 unspecified atom stereocenters. The predicted octanol–water partition coefficient (Wildman–Crippen LogP) is 5.05. The molecule has 3 aliphatic rings. The Labute approximate surface area is 170 Å². The first-order valence-corrected chi connectivity index (χ1v) is 10.8. The van der Waals surface area contributed by atoms with Gasteiger partial charge in [0, 0.05) is 12.3 Å². The van der Waals surface area contributed by atoms with Crippen LogP contribution in [-0.2, 0) is 9.59 Å². The molecule has 0 saturated heterocycles. The van der Waals surface area contributed by atoms with Crippen molar-refractivity contribution in [2.24, 2.45) is 35.0 Å². The van der Waals surface area contributed by atoms with E-state index in [0.717, 1.165) is 25.5 Å². The van der Waals surface area contributed by atoms with E-state index in [0.29, 0.717) is 23.3 Å². The minimum absolute atomic E-state index is 0.0305. The Morgan fingerprint density at radius 3 is 2.64 bits per heavy atom. The Bertz CT molecular complexity index is 722. The third-order valence-corrected chi connectivity index (χ3v) is 7.85. The van der Waals surface area contributed by atoms with E-state index in [9.17, 15) is 14.7 Å². The SMILES string of the molecule is CC(C)=C/C=C\[C@H](C)C1CC[C@]2(C)C[C@H]3[C@H](C(=O)C[C@@]3(C)O)C(C=O)=CC[C@@H]12. The van der Waals surface area contributed by atoms with Gasteiger partial charge >= 0.3 is 0 Å². The zero-order chi connectivity index (χ0) is 20.7. The van der Waals surface area contributed by atoms with Gasteiger partial charge in [-0.05, 0) is 75.2 Å². The first-order chi connectivity index (χ1) is 13.1. The maximum Gasteiger partial charge on any atom is 0.146 e. The third kappa shape index (κ3) is 3.83. The van der Waals surface area contributed by atoms with Crippen LogP contribution in [0.25, 0.3) is 0 Å². The van der Waals surface area contributed by atoms with Gasteiger partial charge in [0.05, 0.1) is 11.5 Å². The molecule has 154 valence electrons. The van der Waals surface area contributed by atoms with Gasteiger partial charge < -0.3 is 5.11 Å². The summed E-state index contributed by atoms with van der Waals surface area (Å²) < 4.78 is 0. The molecule has 0 aromatic carbocycles. The van der Waals surface area contributed by atoms with Gasteiger partial charge in [0.25, 0.3) is 0 Å². The quantitative estimate of drug-likeness (QED) is 0.545. The highest BCUT2D eigenvalue weighted by molar-refractivity contribution is 5.94. The second-order valence-electron chi connectivity index (χ2n) is 10.3. The summed E-state index contributed by atoms with van der Waals surface area (Å²) in [5.74, 6) is 0.967. The van der Waals surface area contributed by atoms with Gasteiger partial charge in [-0.25, -0.2) is 0 Å². The number of Topliss-reactive ketones (excluding diaryl/α,β-unsaturated/α-hetero) is 1. The Kier molecular flexibility index (Phi) is 5.87. The van der Waals surface area contributed by atoms with Crippen LogP contribution >= 0.6 is 0 Å².